The van der Waals surface area contributed by atoms with Crippen LogP contribution in [0.1, 0.15) is 53.1 Å². The minimum atomic E-state index is -4.41. The van der Waals surface area contributed by atoms with Crippen LogP contribution in [0.2, 0.25) is 0 Å². The molecule has 1 aliphatic rings. The second-order valence-electron chi connectivity index (χ2n) is 7.15. The van der Waals surface area contributed by atoms with E-state index in [-0.39, 0.29) is 11.6 Å². The molecule has 0 bridgehead atoms. The van der Waals surface area contributed by atoms with Gasteiger partial charge in [0, 0.05) is 11.7 Å². The molecule has 8 heteroatoms. The summed E-state index contributed by atoms with van der Waals surface area (Å²) in [5.41, 5.74) is 0.868. The van der Waals surface area contributed by atoms with E-state index in [4.69, 9.17) is 5.11 Å². The first-order valence-corrected chi connectivity index (χ1v) is 9.30. The summed E-state index contributed by atoms with van der Waals surface area (Å²) in [6.07, 6.45) is -1.15. The van der Waals surface area contributed by atoms with Gasteiger partial charge >= 0.3 is 18.2 Å². The molecule has 3 N–H and O–H groups in total. The number of halogens is 3. The van der Waals surface area contributed by atoms with Gasteiger partial charge in [-0.2, -0.15) is 13.2 Å². The number of aromatic carboxylic acids is 1. The van der Waals surface area contributed by atoms with E-state index in [1.165, 1.54) is 12.1 Å². The highest BCUT2D eigenvalue weighted by Gasteiger charge is 2.30. The molecule has 0 spiro atoms. The zero-order valence-electron chi connectivity index (χ0n) is 15.5. The van der Waals surface area contributed by atoms with Crippen LogP contribution >= 0.6 is 0 Å². The average molecular weight is 406 g/mol. The van der Waals surface area contributed by atoms with Crippen LogP contribution in [0.3, 0.4) is 0 Å². The van der Waals surface area contributed by atoms with Crippen LogP contribution in [0.25, 0.3) is 0 Å². The fourth-order valence-corrected chi connectivity index (χ4v) is 3.56. The van der Waals surface area contributed by atoms with Crippen molar-refractivity contribution in [1.29, 1.82) is 0 Å². The Hall–Kier alpha value is -3.03. The van der Waals surface area contributed by atoms with Crippen molar-refractivity contribution in [2.75, 3.05) is 5.32 Å². The quantitative estimate of drug-likeness (QED) is 0.649. The summed E-state index contributed by atoms with van der Waals surface area (Å²) in [6, 6.07) is 10.7. The second-order valence-corrected chi connectivity index (χ2v) is 7.15. The molecule has 0 atom stereocenters. The Morgan fingerprint density at radius 3 is 2.00 bits per heavy atom. The van der Waals surface area contributed by atoms with Crippen molar-refractivity contribution in [3.63, 3.8) is 0 Å². The number of rotatable bonds is 4. The van der Waals surface area contributed by atoms with Crippen LogP contribution in [0.5, 0.6) is 0 Å². The van der Waals surface area contributed by atoms with E-state index in [9.17, 15) is 22.8 Å². The number of amides is 2. The van der Waals surface area contributed by atoms with Gasteiger partial charge in [0.25, 0.3) is 0 Å². The van der Waals surface area contributed by atoms with Crippen molar-refractivity contribution in [1.82, 2.24) is 5.32 Å². The molecule has 1 fully saturated rings. The van der Waals surface area contributed by atoms with Gasteiger partial charge in [0.2, 0.25) is 0 Å². The summed E-state index contributed by atoms with van der Waals surface area (Å²) < 4.78 is 37.7. The number of carboxylic acids is 1. The van der Waals surface area contributed by atoms with E-state index in [1.807, 2.05) is 12.1 Å². The number of hydrogen-bond donors (Lipinski definition) is 3. The number of alkyl halides is 3. The van der Waals surface area contributed by atoms with Gasteiger partial charge in [-0.3, -0.25) is 0 Å². The Bertz CT molecular complexity index is 856. The molecule has 2 aromatic rings. The highest BCUT2D eigenvalue weighted by Crippen LogP contribution is 2.33. The molecule has 5 nitrogen and oxygen atoms in total. The third-order valence-electron chi connectivity index (χ3n) is 5.16. The van der Waals surface area contributed by atoms with Gasteiger partial charge in [-0.25, -0.2) is 9.59 Å². The number of nitrogens with one attached hydrogen (secondary N) is 2. The van der Waals surface area contributed by atoms with Gasteiger partial charge in [0.05, 0.1) is 11.1 Å². The van der Waals surface area contributed by atoms with E-state index in [2.05, 4.69) is 10.6 Å². The maximum atomic E-state index is 12.6. The normalized spacial score (nSPS) is 19.4. The summed E-state index contributed by atoms with van der Waals surface area (Å²) >= 11 is 0. The Morgan fingerprint density at radius 2 is 1.48 bits per heavy atom. The maximum Gasteiger partial charge on any atom is 0.416 e. The smallest absolute Gasteiger partial charge is 0.416 e. The SMILES string of the molecule is O=C(Nc1ccc(C(F)(F)F)cc1)N[C@H]1CC[C@H](c2ccc(C(=O)O)cc2)CC1. The Balaban J connectivity index is 1.47. The number of urea groups is 1. The van der Waals surface area contributed by atoms with Crippen LogP contribution in [0.15, 0.2) is 48.5 Å². The summed E-state index contributed by atoms with van der Waals surface area (Å²) in [5.74, 6) is -0.641. The first-order chi connectivity index (χ1) is 13.7. The molecular formula is C21H21F3N2O3. The van der Waals surface area contributed by atoms with Gasteiger partial charge in [-0.15, -0.1) is 0 Å². The highest BCUT2D eigenvalue weighted by atomic mass is 19.4. The third-order valence-corrected chi connectivity index (χ3v) is 5.16. The topological polar surface area (TPSA) is 78.4 Å². The van der Waals surface area contributed by atoms with Gasteiger partial charge < -0.3 is 15.7 Å². The lowest BCUT2D eigenvalue weighted by molar-refractivity contribution is -0.137. The summed E-state index contributed by atoms with van der Waals surface area (Å²) in [4.78, 5) is 23.0. The Labute approximate surface area is 165 Å². The molecule has 29 heavy (non-hydrogen) atoms. The van der Waals surface area contributed by atoms with Crippen molar-refractivity contribution in [2.24, 2.45) is 0 Å². The second kappa shape index (κ2) is 8.55. The molecule has 0 saturated heterocycles. The van der Waals surface area contributed by atoms with Crippen LogP contribution in [-0.4, -0.2) is 23.1 Å². The number of carboxylic acid groups (broad SMARTS) is 1. The van der Waals surface area contributed by atoms with E-state index < -0.39 is 23.7 Å². The van der Waals surface area contributed by atoms with E-state index in [0.717, 1.165) is 43.4 Å². The van der Waals surface area contributed by atoms with E-state index in [1.54, 1.807) is 12.1 Å². The molecule has 0 aliphatic heterocycles. The van der Waals surface area contributed by atoms with Crippen molar-refractivity contribution in [3.05, 3.63) is 65.2 Å². The molecule has 0 radical (unpaired) electrons. The number of carbonyl (C=O) groups is 2. The van der Waals surface area contributed by atoms with E-state index >= 15 is 0 Å². The zero-order valence-corrected chi connectivity index (χ0v) is 15.5. The number of anilines is 1. The number of carbonyl (C=O) groups excluding carboxylic acids is 1. The van der Waals surface area contributed by atoms with Gasteiger partial charge in [-0.1, -0.05) is 12.1 Å². The zero-order chi connectivity index (χ0) is 21.0. The van der Waals surface area contributed by atoms with Gasteiger partial charge in [0.15, 0.2) is 0 Å². The molecular weight excluding hydrogens is 385 g/mol. The molecule has 2 aromatic carbocycles. The standard InChI is InChI=1S/C21H21F3N2O3/c22-21(23,24)16-7-11-18(12-8-16)26-20(29)25-17-9-5-14(6-10-17)13-1-3-15(4-2-13)19(27)28/h1-4,7-8,11-12,14,17H,5-6,9-10H2,(H,27,28)(H2,25,26,29)/t14-,17-. The first kappa shape index (κ1) is 20.7. The average Bonchev–Trinajstić information content (AvgIpc) is 2.68. The molecule has 154 valence electrons. The fraction of sp³-hybridized carbons (Fsp3) is 0.333. The number of hydrogen-bond acceptors (Lipinski definition) is 2. The van der Waals surface area contributed by atoms with Crippen molar-refractivity contribution < 1.29 is 27.9 Å². The minimum Gasteiger partial charge on any atom is -0.478 e. The predicted octanol–water partition coefficient (Wildman–Crippen LogP) is 5.25. The molecule has 3 rings (SSSR count). The largest absolute Gasteiger partial charge is 0.478 e. The van der Waals surface area contributed by atoms with Crippen LogP contribution in [-0.2, 0) is 6.18 Å². The van der Waals surface area contributed by atoms with Crippen LogP contribution in [0.4, 0.5) is 23.7 Å². The monoisotopic (exact) mass is 406 g/mol. The summed E-state index contributed by atoms with van der Waals surface area (Å²) in [5, 5.41) is 14.4. The van der Waals surface area contributed by atoms with Crippen molar-refractivity contribution >= 4 is 17.7 Å². The molecule has 1 saturated carbocycles. The van der Waals surface area contributed by atoms with Crippen LogP contribution in [0, 0.1) is 0 Å². The minimum absolute atomic E-state index is 0.0148. The predicted molar refractivity (Wildman–Crippen MR) is 102 cm³/mol. The molecule has 0 unspecified atom stereocenters. The fourth-order valence-electron chi connectivity index (χ4n) is 3.56. The summed E-state index contributed by atoms with van der Waals surface area (Å²) in [6.45, 7) is 0. The van der Waals surface area contributed by atoms with Gasteiger partial charge in [0.1, 0.15) is 0 Å². The molecule has 0 heterocycles. The number of benzene rings is 2. The lowest BCUT2D eigenvalue weighted by Gasteiger charge is -2.29. The first-order valence-electron chi connectivity index (χ1n) is 9.30. The Kier molecular flexibility index (Phi) is 6.10. The molecule has 1 aliphatic carbocycles. The Morgan fingerprint density at radius 1 is 0.897 bits per heavy atom. The molecule has 0 aromatic heterocycles. The van der Waals surface area contributed by atoms with Gasteiger partial charge in [-0.05, 0) is 73.6 Å². The molecule has 2 amide bonds. The summed E-state index contributed by atoms with van der Waals surface area (Å²) in [7, 11) is 0. The van der Waals surface area contributed by atoms with Crippen molar-refractivity contribution in [2.45, 2.75) is 43.8 Å². The highest BCUT2D eigenvalue weighted by molar-refractivity contribution is 5.89. The lowest BCUT2D eigenvalue weighted by atomic mass is 9.81. The van der Waals surface area contributed by atoms with Crippen molar-refractivity contribution in [3.8, 4) is 0 Å². The van der Waals surface area contributed by atoms with Crippen LogP contribution < -0.4 is 10.6 Å². The lowest BCUT2D eigenvalue weighted by Crippen LogP contribution is -2.39. The van der Waals surface area contributed by atoms with E-state index in [0.29, 0.717) is 11.6 Å². The maximum absolute atomic E-state index is 12.6. The third kappa shape index (κ3) is 5.49.